The van der Waals surface area contributed by atoms with Crippen molar-refractivity contribution in [3.05, 3.63) is 47.7 Å². The first kappa shape index (κ1) is 13.8. The number of para-hydroxylation sites is 1. The molecule has 2 aromatic heterocycles. The Morgan fingerprint density at radius 2 is 2.14 bits per heavy atom. The van der Waals surface area contributed by atoms with Gasteiger partial charge in [-0.25, -0.2) is 0 Å². The van der Waals surface area contributed by atoms with Crippen molar-refractivity contribution in [3.8, 4) is 0 Å². The highest BCUT2D eigenvalue weighted by Crippen LogP contribution is 2.18. The normalized spacial score (nSPS) is 11.6. The van der Waals surface area contributed by atoms with Gasteiger partial charge < -0.3 is 9.51 Å². The molecule has 0 aliphatic rings. The zero-order valence-electron chi connectivity index (χ0n) is 12.5. The number of aromatic amines is 1. The van der Waals surface area contributed by atoms with Gasteiger partial charge in [-0.2, -0.15) is 4.98 Å². The van der Waals surface area contributed by atoms with E-state index in [1.54, 1.807) is 0 Å². The van der Waals surface area contributed by atoms with Crippen LogP contribution in [0.15, 0.2) is 35.0 Å². The van der Waals surface area contributed by atoms with Gasteiger partial charge in [0.1, 0.15) is 0 Å². The van der Waals surface area contributed by atoms with Crippen LogP contribution in [0, 0.1) is 0 Å². The largest absolute Gasteiger partial charge is 0.361 e. The zero-order valence-corrected chi connectivity index (χ0v) is 12.5. The molecule has 0 fully saturated rings. The lowest BCUT2D eigenvalue weighted by Gasteiger charge is -2.14. The van der Waals surface area contributed by atoms with Gasteiger partial charge in [0.05, 0.1) is 6.54 Å². The molecule has 0 unspecified atom stereocenters. The Bertz CT molecular complexity index is 716. The number of aromatic nitrogens is 3. The van der Waals surface area contributed by atoms with Crippen molar-refractivity contribution in [1.82, 2.24) is 20.0 Å². The van der Waals surface area contributed by atoms with Crippen molar-refractivity contribution in [2.45, 2.75) is 32.9 Å². The lowest BCUT2D eigenvalue weighted by molar-refractivity contribution is 0.261. The summed E-state index contributed by atoms with van der Waals surface area (Å²) >= 11 is 0. The van der Waals surface area contributed by atoms with Crippen molar-refractivity contribution >= 4 is 10.9 Å². The van der Waals surface area contributed by atoms with E-state index in [2.05, 4.69) is 58.3 Å². The first-order valence-corrected chi connectivity index (χ1v) is 7.31. The molecule has 5 heteroatoms. The summed E-state index contributed by atoms with van der Waals surface area (Å²) in [5, 5.41) is 5.23. The molecule has 0 atom stereocenters. The third-order valence-electron chi connectivity index (χ3n) is 3.50. The SMILES string of the molecule is CCCc1noc(CN(C)Cc2cccc3cc[nH]c23)n1. The highest BCUT2D eigenvalue weighted by atomic mass is 16.5. The summed E-state index contributed by atoms with van der Waals surface area (Å²) < 4.78 is 5.29. The van der Waals surface area contributed by atoms with Gasteiger partial charge in [-0.15, -0.1) is 0 Å². The van der Waals surface area contributed by atoms with Gasteiger partial charge in [-0.1, -0.05) is 30.3 Å². The van der Waals surface area contributed by atoms with E-state index in [1.807, 2.05) is 6.20 Å². The fourth-order valence-corrected chi connectivity index (χ4v) is 2.54. The molecule has 21 heavy (non-hydrogen) atoms. The lowest BCUT2D eigenvalue weighted by atomic mass is 10.1. The number of aryl methyl sites for hydroxylation is 1. The second-order valence-electron chi connectivity index (χ2n) is 5.39. The van der Waals surface area contributed by atoms with Crippen LogP contribution in [-0.4, -0.2) is 27.1 Å². The smallest absolute Gasteiger partial charge is 0.240 e. The van der Waals surface area contributed by atoms with Gasteiger partial charge in [-0.05, 0) is 30.5 Å². The summed E-state index contributed by atoms with van der Waals surface area (Å²) in [6.45, 7) is 3.61. The number of hydrogen-bond acceptors (Lipinski definition) is 4. The molecule has 5 nitrogen and oxygen atoms in total. The predicted molar refractivity (Wildman–Crippen MR) is 81.8 cm³/mol. The number of H-pyrrole nitrogens is 1. The fraction of sp³-hybridized carbons (Fsp3) is 0.375. The molecule has 1 N–H and O–H groups in total. The number of benzene rings is 1. The van der Waals surface area contributed by atoms with E-state index < -0.39 is 0 Å². The van der Waals surface area contributed by atoms with Crippen LogP contribution in [0.3, 0.4) is 0 Å². The molecule has 0 saturated heterocycles. The molecule has 0 aliphatic heterocycles. The van der Waals surface area contributed by atoms with Gasteiger partial charge in [-0.3, -0.25) is 4.90 Å². The van der Waals surface area contributed by atoms with Crippen molar-refractivity contribution in [2.24, 2.45) is 0 Å². The highest BCUT2D eigenvalue weighted by molar-refractivity contribution is 5.82. The summed E-state index contributed by atoms with van der Waals surface area (Å²) in [4.78, 5) is 9.89. The zero-order chi connectivity index (χ0) is 14.7. The molecular formula is C16H20N4O. The van der Waals surface area contributed by atoms with Gasteiger partial charge in [0.2, 0.25) is 5.89 Å². The van der Waals surface area contributed by atoms with Crippen LogP contribution in [0.5, 0.6) is 0 Å². The summed E-state index contributed by atoms with van der Waals surface area (Å²) in [5.41, 5.74) is 2.47. The number of fused-ring (bicyclic) bond motifs is 1. The van der Waals surface area contributed by atoms with E-state index in [-0.39, 0.29) is 0 Å². The number of nitrogens with zero attached hydrogens (tertiary/aromatic N) is 3. The molecule has 0 aliphatic carbocycles. The summed E-state index contributed by atoms with van der Waals surface area (Å²) in [5.74, 6) is 1.48. The monoisotopic (exact) mass is 284 g/mol. The summed E-state index contributed by atoms with van der Waals surface area (Å²) in [6, 6.07) is 8.44. The first-order chi connectivity index (χ1) is 10.3. The lowest BCUT2D eigenvalue weighted by Crippen LogP contribution is -2.17. The van der Waals surface area contributed by atoms with Gasteiger partial charge >= 0.3 is 0 Å². The minimum absolute atomic E-state index is 0.661. The van der Waals surface area contributed by atoms with Crippen molar-refractivity contribution < 1.29 is 4.52 Å². The van der Waals surface area contributed by atoms with Crippen LogP contribution in [0.2, 0.25) is 0 Å². The second-order valence-corrected chi connectivity index (χ2v) is 5.39. The molecule has 110 valence electrons. The van der Waals surface area contributed by atoms with E-state index in [0.717, 1.165) is 25.2 Å². The van der Waals surface area contributed by atoms with Gasteiger partial charge in [0, 0.05) is 24.7 Å². The van der Waals surface area contributed by atoms with E-state index in [9.17, 15) is 0 Å². The fourth-order valence-electron chi connectivity index (χ4n) is 2.54. The maximum Gasteiger partial charge on any atom is 0.240 e. The Balaban J connectivity index is 1.68. The average molecular weight is 284 g/mol. The Morgan fingerprint density at radius 1 is 1.24 bits per heavy atom. The van der Waals surface area contributed by atoms with Crippen molar-refractivity contribution in [1.29, 1.82) is 0 Å². The molecule has 3 rings (SSSR count). The van der Waals surface area contributed by atoms with Gasteiger partial charge in [0.25, 0.3) is 0 Å². The topological polar surface area (TPSA) is 58.0 Å². The third kappa shape index (κ3) is 3.13. The maximum atomic E-state index is 5.29. The molecule has 3 aromatic rings. The third-order valence-corrected chi connectivity index (χ3v) is 3.50. The average Bonchev–Trinajstić information content (AvgIpc) is 3.09. The minimum atomic E-state index is 0.661. The molecule has 0 bridgehead atoms. The molecule has 0 radical (unpaired) electrons. The molecule has 0 amide bonds. The molecular weight excluding hydrogens is 264 g/mol. The Morgan fingerprint density at radius 3 is 3.00 bits per heavy atom. The molecule has 0 spiro atoms. The van der Waals surface area contributed by atoms with E-state index >= 15 is 0 Å². The number of nitrogens with one attached hydrogen (secondary N) is 1. The van der Waals surface area contributed by atoms with E-state index in [0.29, 0.717) is 12.4 Å². The van der Waals surface area contributed by atoms with E-state index in [4.69, 9.17) is 4.52 Å². The summed E-state index contributed by atoms with van der Waals surface area (Å²) in [7, 11) is 2.06. The highest BCUT2D eigenvalue weighted by Gasteiger charge is 2.10. The minimum Gasteiger partial charge on any atom is -0.361 e. The van der Waals surface area contributed by atoms with Crippen LogP contribution >= 0.6 is 0 Å². The maximum absolute atomic E-state index is 5.29. The van der Waals surface area contributed by atoms with Crippen LogP contribution in [0.4, 0.5) is 0 Å². The predicted octanol–water partition coefficient (Wildman–Crippen LogP) is 3.14. The number of hydrogen-bond donors (Lipinski definition) is 1. The Labute approximate surface area is 124 Å². The first-order valence-electron chi connectivity index (χ1n) is 7.31. The summed E-state index contributed by atoms with van der Waals surface area (Å²) in [6.07, 6.45) is 3.88. The number of rotatable bonds is 6. The molecule has 0 saturated carbocycles. The molecule has 1 aromatic carbocycles. The van der Waals surface area contributed by atoms with Crippen LogP contribution in [0.25, 0.3) is 10.9 Å². The van der Waals surface area contributed by atoms with Crippen molar-refractivity contribution in [2.75, 3.05) is 7.05 Å². The van der Waals surface area contributed by atoms with Crippen LogP contribution in [-0.2, 0) is 19.5 Å². The van der Waals surface area contributed by atoms with Crippen LogP contribution < -0.4 is 0 Å². The van der Waals surface area contributed by atoms with Crippen molar-refractivity contribution in [3.63, 3.8) is 0 Å². The van der Waals surface area contributed by atoms with Crippen LogP contribution in [0.1, 0.15) is 30.6 Å². The Kier molecular flexibility index (Phi) is 4.01. The van der Waals surface area contributed by atoms with E-state index in [1.165, 1.54) is 16.5 Å². The van der Waals surface area contributed by atoms with Gasteiger partial charge in [0.15, 0.2) is 5.82 Å². The Hall–Kier alpha value is -2.14. The standard InChI is InChI=1S/C16H20N4O/c1-3-5-14-18-15(21-19-14)11-20(2)10-13-7-4-6-12-8-9-17-16(12)13/h4,6-9,17H,3,5,10-11H2,1-2H3. The molecule has 2 heterocycles. The quantitative estimate of drug-likeness (QED) is 0.755. The second kappa shape index (κ2) is 6.10.